The van der Waals surface area contributed by atoms with E-state index >= 15 is 0 Å². The van der Waals surface area contributed by atoms with E-state index < -0.39 is 11.7 Å². The molecule has 0 amide bonds. The zero-order valence-electron chi connectivity index (χ0n) is 9.90. The van der Waals surface area contributed by atoms with Gasteiger partial charge in [0, 0.05) is 12.4 Å². The molecule has 2 rings (SSSR count). The summed E-state index contributed by atoms with van der Waals surface area (Å²) in [6.07, 6.45) is -2.28. The maximum atomic E-state index is 12.6. The largest absolute Gasteiger partial charge is 0.452 e. The molecular weight excluding hydrogens is 259 g/mol. The van der Waals surface area contributed by atoms with Gasteiger partial charge in [-0.3, -0.25) is 4.98 Å². The van der Waals surface area contributed by atoms with Crippen LogP contribution in [0, 0.1) is 6.92 Å². The quantitative estimate of drug-likeness (QED) is 0.909. The molecule has 100 valence electrons. The molecule has 2 heterocycles. The lowest BCUT2D eigenvalue weighted by Gasteiger charge is -2.12. The van der Waals surface area contributed by atoms with Crippen LogP contribution >= 0.6 is 0 Å². The van der Waals surface area contributed by atoms with Crippen LogP contribution in [-0.4, -0.2) is 9.97 Å². The maximum Gasteiger partial charge on any atom is 0.418 e. The molecule has 2 aromatic heterocycles. The third-order valence-corrected chi connectivity index (χ3v) is 2.39. The fourth-order valence-corrected chi connectivity index (χ4v) is 1.39. The van der Waals surface area contributed by atoms with Crippen LogP contribution in [0.1, 0.15) is 11.3 Å². The Kier molecular flexibility index (Phi) is 3.28. The second-order valence-corrected chi connectivity index (χ2v) is 3.79. The molecule has 0 saturated carbocycles. The molecule has 0 aliphatic carbocycles. The molecule has 0 aromatic carbocycles. The number of hydrogen-bond acceptors (Lipinski definition) is 4. The van der Waals surface area contributed by atoms with Gasteiger partial charge in [-0.05, 0) is 25.1 Å². The highest BCUT2D eigenvalue weighted by molar-refractivity contribution is 5.50. The number of aromatic nitrogens is 2. The smallest absolute Gasteiger partial charge is 0.418 e. The summed E-state index contributed by atoms with van der Waals surface area (Å²) >= 11 is 0. The van der Waals surface area contributed by atoms with Crippen molar-refractivity contribution in [3.63, 3.8) is 0 Å². The molecule has 7 heteroatoms. The fraction of sp³-hybridized carbons (Fsp3) is 0.167. The molecule has 2 N–H and O–H groups in total. The topological polar surface area (TPSA) is 61.0 Å². The van der Waals surface area contributed by atoms with E-state index in [1.54, 1.807) is 25.3 Å². The van der Waals surface area contributed by atoms with Crippen molar-refractivity contribution in [2.75, 3.05) is 5.73 Å². The van der Waals surface area contributed by atoms with Crippen molar-refractivity contribution in [2.24, 2.45) is 0 Å². The summed E-state index contributed by atoms with van der Waals surface area (Å²) in [7, 11) is 0. The molecule has 0 bridgehead atoms. The van der Waals surface area contributed by atoms with E-state index in [0.29, 0.717) is 17.6 Å². The van der Waals surface area contributed by atoms with E-state index in [2.05, 4.69) is 9.97 Å². The first-order chi connectivity index (χ1) is 8.88. The minimum Gasteiger partial charge on any atom is -0.452 e. The van der Waals surface area contributed by atoms with Gasteiger partial charge in [0.05, 0.1) is 11.3 Å². The van der Waals surface area contributed by atoms with Crippen LogP contribution in [0.2, 0.25) is 0 Å². The Morgan fingerprint density at radius 2 is 1.95 bits per heavy atom. The van der Waals surface area contributed by atoms with E-state index in [9.17, 15) is 13.2 Å². The number of ether oxygens (including phenoxy) is 1. The molecule has 0 atom stereocenters. The van der Waals surface area contributed by atoms with Gasteiger partial charge in [0.25, 0.3) is 0 Å². The first kappa shape index (κ1) is 13.1. The summed E-state index contributed by atoms with van der Waals surface area (Å²) < 4.78 is 43.0. The molecule has 4 nitrogen and oxygen atoms in total. The van der Waals surface area contributed by atoms with Gasteiger partial charge in [-0.15, -0.1) is 0 Å². The minimum atomic E-state index is -4.50. The summed E-state index contributed by atoms with van der Waals surface area (Å²) in [5, 5.41) is 0. The first-order valence-electron chi connectivity index (χ1n) is 5.30. The third-order valence-electron chi connectivity index (χ3n) is 2.39. The number of rotatable bonds is 2. The van der Waals surface area contributed by atoms with Crippen LogP contribution in [0.5, 0.6) is 11.5 Å². The molecule has 0 aliphatic rings. The summed E-state index contributed by atoms with van der Waals surface area (Å²) in [5.74, 6) is 0.0671. The second-order valence-electron chi connectivity index (χ2n) is 3.79. The summed E-state index contributed by atoms with van der Waals surface area (Å²) in [5.41, 5.74) is 5.13. The standard InChI is InChI=1S/C12H10F3N3O/c1-7-9(3-2-4-17-7)19-10-5-8(12(13,14)15)6-18-11(10)16/h2-6H,1H3,(H2,16,18). The Morgan fingerprint density at radius 1 is 1.21 bits per heavy atom. The van der Waals surface area contributed by atoms with E-state index in [0.717, 1.165) is 6.07 Å². The molecule has 0 aliphatic heterocycles. The van der Waals surface area contributed by atoms with Crippen LogP contribution in [0.4, 0.5) is 19.0 Å². The average Bonchev–Trinajstić information content (AvgIpc) is 2.33. The first-order valence-corrected chi connectivity index (χ1v) is 5.30. The Morgan fingerprint density at radius 3 is 2.58 bits per heavy atom. The zero-order valence-corrected chi connectivity index (χ0v) is 9.90. The van der Waals surface area contributed by atoms with E-state index in [1.807, 2.05) is 0 Å². The van der Waals surface area contributed by atoms with Crippen LogP contribution in [0.3, 0.4) is 0 Å². The van der Waals surface area contributed by atoms with Gasteiger partial charge in [-0.25, -0.2) is 4.98 Å². The van der Waals surface area contributed by atoms with Crippen LogP contribution in [-0.2, 0) is 6.18 Å². The van der Waals surface area contributed by atoms with Crippen LogP contribution < -0.4 is 10.5 Å². The molecule has 0 unspecified atom stereocenters. The van der Waals surface area contributed by atoms with Crippen molar-refractivity contribution in [2.45, 2.75) is 13.1 Å². The number of aryl methyl sites for hydroxylation is 1. The normalized spacial score (nSPS) is 11.4. The van der Waals surface area contributed by atoms with Crippen molar-refractivity contribution in [3.05, 3.63) is 41.9 Å². The number of halogens is 3. The Hall–Kier alpha value is -2.31. The SMILES string of the molecule is Cc1ncccc1Oc1cc(C(F)(F)F)cnc1N. The Labute approximate surface area is 107 Å². The molecule has 19 heavy (non-hydrogen) atoms. The minimum absolute atomic E-state index is 0.115. The van der Waals surface area contributed by atoms with Crippen molar-refractivity contribution >= 4 is 5.82 Å². The third kappa shape index (κ3) is 2.93. The number of nitrogens with two attached hydrogens (primary N) is 1. The predicted molar refractivity (Wildman–Crippen MR) is 62.7 cm³/mol. The van der Waals surface area contributed by atoms with E-state index in [4.69, 9.17) is 10.5 Å². The molecule has 0 spiro atoms. The highest BCUT2D eigenvalue weighted by Gasteiger charge is 2.32. The highest BCUT2D eigenvalue weighted by Crippen LogP contribution is 2.34. The number of nitrogens with zero attached hydrogens (tertiary/aromatic N) is 2. The predicted octanol–water partition coefficient (Wildman–Crippen LogP) is 3.18. The Bertz CT molecular complexity index is 599. The van der Waals surface area contributed by atoms with E-state index in [-0.39, 0.29) is 11.6 Å². The van der Waals surface area contributed by atoms with Gasteiger partial charge < -0.3 is 10.5 Å². The number of alkyl halides is 3. The van der Waals surface area contributed by atoms with Gasteiger partial charge >= 0.3 is 6.18 Å². The lowest BCUT2D eigenvalue weighted by Crippen LogP contribution is -2.07. The van der Waals surface area contributed by atoms with E-state index in [1.165, 1.54) is 0 Å². The zero-order chi connectivity index (χ0) is 14.0. The average molecular weight is 269 g/mol. The fourth-order valence-electron chi connectivity index (χ4n) is 1.39. The molecule has 0 radical (unpaired) electrons. The van der Waals surface area contributed by atoms with Crippen molar-refractivity contribution in [1.82, 2.24) is 9.97 Å². The number of anilines is 1. The number of pyridine rings is 2. The number of hydrogen-bond donors (Lipinski definition) is 1. The summed E-state index contributed by atoms with van der Waals surface area (Å²) in [6.45, 7) is 1.67. The maximum absolute atomic E-state index is 12.6. The highest BCUT2D eigenvalue weighted by atomic mass is 19.4. The molecular formula is C12H10F3N3O. The summed E-state index contributed by atoms with van der Waals surface area (Å²) in [4.78, 5) is 7.45. The van der Waals surface area contributed by atoms with Crippen molar-refractivity contribution in [3.8, 4) is 11.5 Å². The lowest BCUT2D eigenvalue weighted by atomic mass is 10.2. The lowest BCUT2D eigenvalue weighted by molar-refractivity contribution is -0.137. The van der Waals surface area contributed by atoms with Gasteiger partial charge in [-0.1, -0.05) is 0 Å². The van der Waals surface area contributed by atoms with Crippen molar-refractivity contribution < 1.29 is 17.9 Å². The van der Waals surface area contributed by atoms with Gasteiger partial charge in [-0.2, -0.15) is 13.2 Å². The number of nitrogen functional groups attached to an aromatic ring is 1. The summed E-state index contributed by atoms with van der Waals surface area (Å²) in [6, 6.07) is 4.01. The second kappa shape index (κ2) is 4.75. The van der Waals surface area contributed by atoms with Gasteiger partial charge in [0.1, 0.15) is 5.75 Å². The van der Waals surface area contributed by atoms with Gasteiger partial charge in [0.2, 0.25) is 0 Å². The van der Waals surface area contributed by atoms with Gasteiger partial charge in [0.15, 0.2) is 11.6 Å². The molecule has 0 saturated heterocycles. The van der Waals surface area contributed by atoms with Crippen molar-refractivity contribution in [1.29, 1.82) is 0 Å². The van der Waals surface area contributed by atoms with Crippen LogP contribution in [0.15, 0.2) is 30.6 Å². The van der Waals surface area contributed by atoms with Crippen LogP contribution in [0.25, 0.3) is 0 Å². The molecule has 2 aromatic rings. The Balaban J connectivity index is 2.38. The molecule has 0 fully saturated rings. The monoisotopic (exact) mass is 269 g/mol.